The van der Waals surface area contributed by atoms with E-state index in [1.54, 1.807) is 0 Å². The number of aromatic amines is 1. The van der Waals surface area contributed by atoms with Crippen molar-refractivity contribution in [3.63, 3.8) is 0 Å². The number of H-pyrrole nitrogens is 1. The molecule has 2 aromatic carbocycles. The first-order valence-electron chi connectivity index (χ1n) is 9.38. The second-order valence-corrected chi connectivity index (χ2v) is 7.51. The maximum Gasteiger partial charge on any atom is 0.267 e. The first-order valence-corrected chi connectivity index (χ1v) is 9.38. The zero-order chi connectivity index (χ0) is 19.0. The summed E-state index contributed by atoms with van der Waals surface area (Å²) >= 11 is 0. The topological polar surface area (TPSA) is 48.1 Å². The summed E-state index contributed by atoms with van der Waals surface area (Å²) < 4.78 is 13.1. The van der Waals surface area contributed by atoms with Gasteiger partial charge in [-0.15, -0.1) is 0 Å². The van der Waals surface area contributed by atoms with E-state index in [9.17, 15) is 9.18 Å². The van der Waals surface area contributed by atoms with E-state index in [-0.39, 0.29) is 11.7 Å². The van der Waals surface area contributed by atoms with Crippen molar-refractivity contribution >= 4 is 22.5 Å². The Morgan fingerprint density at radius 2 is 2.00 bits per heavy atom. The molecule has 140 valence electrons. The van der Waals surface area contributed by atoms with Crippen LogP contribution in [-0.2, 0) is 0 Å². The lowest BCUT2D eigenvalue weighted by molar-refractivity contribution is 0.0944. The van der Waals surface area contributed by atoms with E-state index in [1.165, 1.54) is 23.3 Å². The number of aromatic nitrogens is 1. The van der Waals surface area contributed by atoms with Crippen molar-refractivity contribution in [1.82, 2.24) is 10.3 Å². The van der Waals surface area contributed by atoms with Gasteiger partial charge < -0.3 is 15.2 Å². The molecule has 1 fully saturated rings. The van der Waals surface area contributed by atoms with Crippen molar-refractivity contribution in [2.45, 2.75) is 20.3 Å². The molecule has 1 unspecified atom stereocenters. The minimum Gasteiger partial charge on any atom is -0.371 e. The van der Waals surface area contributed by atoms with Gasteiger partial charge in [-0.05, 0) is 73.7 Å². The number of benzene rings is 2. The third-order valence-corrected chi connectivity index (χ3v) is 5.36. The molecule has 5 heteroatoms. The summed E-state index contributed by atoms with van der Waals surface area (Å²) in [4.78, 5) is 18.0. The molecule has 3 aromatic rings. The Labute approximate surface area is 158 Å². The molecule has 0 bridgehead atoms. The smallest absolute Gasteiger partial charge is 0.267 e. The van der Waals surface area contributed by atoms with Crippen LogP contribution in [0.4, 0.5) is 10.1 Å². The standard InChI is InChI=1S/C22H24FN3O/c1-14-9-15(2)19-11-21(25-20(19)10-14)22(27)24-12-16-7-8-26(13-16)18-5-3-17(23)4-6-18/h3-6,9-11,16,25H,7-8,12-13H2,1-2H3,(H,24,27). The van der Waals surface area contributed by atoms with Crippen LogP contribution in [0, 0.1) is 25.6 Å². The highest BCUT2D eigenvalue weighted by Crippen LogP contribution is 2.24. The van der Waals surface area contributed by atoms with Crippen LogP contribution < -0.4 is 10.2 Å². The van der Waals surface area contributed by atoms with E-state index in [2.05, 4.69) is 41.2 Å². The predicted octanol–water partition coefficient (Wildman–Crippen LogP) is 4.18. The molecule has 1 aromatic heterocycles. The molecule has 1 atom stereocenters. The quantitative estimate of drug-likeness (QED) is 0.729. The Balaban J connectivity index is 1.37. The summed E-state index contributed by atoms with van der Waals surface area (Å²) in [5, 5.41) is 4.15. The van der Waals surface area contributed by atoms with Crippen molar-refractivity contribution < 1.29 is 9.18 Å². The van der Waals surface area contributed by atoms with Crippen molar-refractivity contribution in [3.8, 4) is 0 Å². The van der Waals surface area contributed by atoms with Gasteiger partial charge in [0.1, 0.15) is 11.5 Å². The molecule has 0 aliphatic carbocycles. The summed E-state index contributed by atoms with van der Waals surface area (Å²) in [5.74, 6) is 0.112. The van der Waals surface area contributed by atoms with Gasteiger partial charge in [0.15, 0.2) is 0 Å². The minimum atomic E-state index is -0.217. The Hall–Kier alpha value is -2.82. The second kappa shape index (κ2) is 7.06. The molecule has 4 nitrogen and oxygen atoms in total. The lowest BCUT2D eigenvalue weighted by atomic mass is 10.1. The fraction of sp³-hybridized carbons (Fsp3) is 0.318. The third-order valence-electron chi connectivity index (χ3n) is 5.36. The summed E-state index contributed by atoms with van der Waals surface area (Å²) in [6, 6.07) is 12.7. The van der Waals surface area contributed by atoms with Crippen molar-refractivity contribution in [2.24, 2.45) is 5.92 Å². The summed E-state index contributed by atoms with van der Waals surface area (Å²) in [6.45, 7) is 6.56. The van der Waals surface area contributed by atoms with E-state index in [4.69, 9.17) is 0 Å². The third kappa shape index (κ3) is 3.68. The van der Waals surface area contributed by atoms with Gasteiger partial charge in [0.05, 0.1) is 0 Å². The normalized spacial score (nSPS) is 16.9. The van der Waals surface area contributed by atoms with Gasteiger partial charge in [0.25, 0.3) is 5.91 Å². The number of carbonyl (C=O) groups excluding carboxylic acids is 1. The summed E-state index contributed by atoms with van der Waals surface area (Å²) in [7, 11) is 0. The first-order chi connectivity index (χ1) is 13.0. The average Bonchev–Trinajstić information content (AvgIpc) is 3.27. The highest BCUT2D eigenvalue weighted by Gasteiger charge is 2.23. The lowest BCUT2D eigenvalue weighted by Gasteiger charge is -2.18. The number of nitrogens with zero attached hydrogens (tertiary/aromatic N) is 1. The molecule has 1 amide bonds. The van der Waals surface area contributed by atoms with Crippen LogP contribution in [0.1, 0.15) is 28.0 Å². The van der Waals surface area contributed by atoms with Crippen molar-refractivity contribution in [3.05, 3.63) is 65.1 Å². The highest BCUT2D eigenvalue weighted by molar-refractivity contribution is 5.99. The van der Waals surface area contributed by atoms with Crippen LogP contribution in [0.3, 0.4) is 0 Å². The largest absolute Gasteiger partial charge is 0.371 e. The molecular weight excluding hydrogens is 341 g/mol. The number of hydrogen-bond donors (Lipinski definition) is 2. The van der Waals surface area contributed by atoms with Crippen LogP contribution in [-0.4, -0.2) is 30.5 Å². The fourth-order valence-electron chi connectivity index (χ4n) is 3.94. The molecule has 1 aliphatic rings. The van der Waals surface area contributed by atoms with Crippen molar-refractivity contribution in [1.29, 1.82) is 0 Å². The average molecular weight is 365 g/mol. The molecule has 1 aliphatic heterocycles. The molecule has 0 spiro atoms. The van der Waals surface area contributed by atoms with Gasteiger partial charge in [-0.1, -0.05) is 6.07 Å². The Bertz CT molecular complexity index is 977. The number of carbonyl (C=O) groups is 1. The fourth-order valence-corrected chi connectivity index (χ4v) is 3.94. The van der Waals surface area contributed by atoms with E-state index in [1.807, 2.05) is 18.2 Å². The molecule has 2 N–H and O–H groups in total. The monoisotopic (exact) mass is 365 g/mol. The Kier molecular flexibility index (Phi) is 4.60. The van der Waals surface area contributed by atoms with Crippen LogP contribution in [0.2, 0.25) is 0 Å². The molecule has 0 saturated carbocycles. The molecule has 1 saturated heterocycles. The number of anilines is 1. The lowest BCUT2D eigenvalue weighted by Crippen LogP contribution is -2.31. The number of amides is 1. The van der Waals surface area contributed by atoms with Gasteiger partial charge in [-0.25, -0.2) is 4.39 Å². The van der Waals surface area contributed by atoms with Gasteiger partial charge in [-0.2, -0.15) is 0 Å². The Morgan fingerprint density at radius 1 is 1.22 bits per heavy atom. The zero-order valence-corrected chi connectivity index (χ0v) is 15.7. The minimum absolute atomic E-state index is 0.0662. The second-order valence-electron chi connectivity index (χ2n) is 7.51. The summed E-state index contributed by atoms with van der Waals surface area (Å²) in [6.07, 6.45) is 1.02. The molecule has 4 rings (SSSR count). The SMILES string of the molecule is Cc1cc(C)c2cc(C(=O)NCC3CCN(c4ccc(F)cc4)C3)[nH]c2c1. The molecule has 2 heterocycles. The van der Waals surface area contributed by atoms with Crippen LogP contribution in [0.5, 0.6) is 0 Å². The number of aryl methyl sites for hydroxylation is 2. The van der Waals surface area contributed by atoms with E-state index >= 15 is 0 Å². The maximum atomic E-state index is 13.1. The first kappa shape index (κ1) is 17.6. The van der Waals surface area contributed by atoms with Crippen LogP contribution >= 0.6 is 0 Å². The van der Waals surface area contributed by atoms with Crippen LogP contribution in [0.25, 0.3) is 10.9 Å². The molecular formula is C22H24FN3O. The Morgan fingerprint density at radius 3 is 2.78 bits per heavy atom. The number of hydrogen-bond acceptors (Lipinski definition) is 2. The zero-order valence-electron chi connectivity index (χ0n) is 15.7. The van der Waals surface area contributed by atoms with Gasteiger partial charge >= 0.3 is 0 Å². The van der Waals surface area contributed by atoms with E-state index in [0.29, 0.717) is 18.2 Å². The highest BCUT2D eigenvalue weighted by atomic mass is 19.1. The van der Waals surface area contributed by atoms with Gasteiger partial charge in [0.2, 0.25) is 0 Å². The molecule has 0 radical (unpaired) electrons. The van der Waals surface area contributed by atoms with Gasteiger partial charge in [0, 0.05) is 36.2 Å². The number of halogens is 1. The number of nitrogens with one attached hydrogen (secondary N) is 2. The van der Waals surface area contributed by atoms with E-state index < -0.39 is 0 Å². The van der Waals surface area contributed by atoms with Crippen molar-refractivity contribution in [2.75, 3.05) is 24.5 Å². The van der Waals surface area contributed by atoms with E-state index in [0.717, 1.165) is 36.1 Å². The number of fused-ring (bicyclic) bond motifs is 1. The predicted molar refractivity (Wildman–Crippen MR) is 107 cm³/mol. The number of rotatable bonds is 4. The summed E-state index contributed by atoms with van der Waals surface area (Å²) in [5.41, 5.74) is 4.99. The van der Waals surface area contributed by atoms with Crippen LogP contribution in [0.15, 0.2) is 42.5 Å². The maximum absolute atomic E-state index is 13.1. The molecule has 27 heavy (non-hydrogen) atoms. The van der Waals surface area contributed by atoms with Gasteiger partial charge in [-0.3, -0.25) is 4.79 Å².